The van der Waals surface area contributed by atoms with Crippen molar-refractivity contribution in [2.45, 2.75) is 11.8 Å². The zero-order valence-electron chi connectivity index (χ0n) is 9.23. The van der Waals surface area contributed by atoms with Crippen molar-refractivity contribution in [1.82, 2.24) is 4.72 Å². The molecule has 0 saturated carbocycles. The third kappa shape index (κ3) is 3.06. The minimum absolute atomic E-state index is 0.0350. The highest BCUT2D eigenvalue weighted by molar-refractivity contribution is 7.89. The molecule has 0 atom stereocenters. The first kappa shape index (κ1) is 13.2. The maximum atomic E-state index is 11.7. The predicted molar refractivity (Wildman–Crippen MR) is 63.7 cm³/mol. The normalized spacial score (nSPS) is 10.8. The molecule has 0 bridgehead atoms. The number of sulfonamides is 1. The molecule has 0 aliphatic carbocycles. The smallest absolute Gasteiger partial charge is 0.249 e. The van der Waals surface area contributed by atoms with Crippen LogP contribution >= 0.6 is 0 Å². The second-order valence-electron chi connectivity index (χ2n) is 3.37. The van der Waals surface area contributed by atoms with E-state index in [1.54, 1.807) is 6.92 Å². The quantitative estimate of drug-likeness (QED) is 0.739. The number of aryl methyl sites for hydroxylation is 1. The molecule has 0 radical (unpaired) electrons. The summed E-state index contributed by atoms with van der Waals surface area (Å²) < 4.78 is 25.6. The molecule has 0 aliphatic heterocycles. The molecule has 0 aliphatic rings. The van der Waals surface area contributed by atoms with Crippen LogP contribution in [0.5, 0.6) is 0 Å². The molecule has 1 aromatic rings. The molecule has 1 aromatic carbocycles. The standard InChI is InChI=1S/C11H12N2O3S/c1-3-6-13-17(15,16)9-5-4-8(2)10(7-9)11(12)14/h1,4-5,7,13H,6H2,2H3,(H2,12,14). The lowest BCUT2D eigenvalue weighted by molar-refractivity contribution is 0.0999. The highest BCUT2D eigenvalue weighted by Gasteiger charge is 2.15. The fourth-order valence-corrected chi connectivity index (χ4v) is 2.21. The summed E-state index contributed by atoms with van der Waals surface area (Å²) in [5.41, 5.74) is 5.93. The predicted octanol–water partition coefficient (Wildman–Crippen LogP) is 0.00542. The van der Waals surface area contributed by atoms with Crippen LogP contribution in [-0.4, -0.2) is 20.9 Å². The van der Waals surface area contributed by atoms with Crippen LogP contribution in [-0.2, 0) is 10.0 Å². The summed E-state index contributed by atoms with van der Waals surface area (Å²) in [7, 11) is -3.70. The van der Waals surface area contributed by atoms with Gasteiger partial charge < -0.3 is 5.73 Å². The number of carbonyl (C=O) groups is 1. The van der Waals surface area contributed by atoms with Crippen molar-refractivity contribution in [3.8, 4) is 12.3 Å². The lowest BCUT2D eigenvalue weighted by Gasteiger charge is -2.07. The number of nitrogens with two attached hydrogens (primary N) is 1. The molecule has 90 valence electrons. The second kappa shape index (κ2) is 4.99. The lowest BCUT2D eigenvalue weighted by Crippen LogP contribution is -2.24. The molecule has 17 heavy (non-hydrogen) atoms. The number of benzene rings is 1. The van der Waals surface area contributed by atoms with E-state index in [0.29, 0.717) is 5.56 Å². The maximum Gasteiger partial charge on any atom is 0.249 e. The van der Waals surface area contributed by atoms with Crippen LogP contribution in [0.2, 0.25) is 0 Å². The Kier molecular flexibility index (Phi) is 3.89. The summed E-state index contributed by atoms with van der Waals surface area (Å²) in [6, 6.07) is 4.14. The highest BCUT2D eigenvalue weighted by Crippen LogP contribution is 2.14. The van der Waals surface area contributed by atoms with Crippen LogP contribution in [0, 0.1) is 19.3 Å². The van der Waals surface area contributed by atoms with Crippen LogP contribution in [0.15, 0.2) is 23.1 Å². The van der Waals surface area contributed by atoms with Gasteiger partial charge in [0, 0.05) is 5.56 Å². The SMILES string of the molecule is C#CCNS(=O)(=O)c1ccc(C)c(C(N)=O)c1. The molecule has 5 nitrogen and oxygen atoms in total. The topological polar surface area (TPSA) is 89.3 Å². The van der Waals surface area contributed by atoms with Gasteiger partial charge in [0.25, 0.3) is 0 Å². The average molecular weight is 252 g/mol. The maximum absolute atomic E-state index is 11.7. The van der Waals surface area contributed by atoms with E-state index in [9.17, 15) is 13.2 Å². The van der Waals surface area contributed by atoms with E-state index in [1.807, 2.05) is 0 Å². The minimum atomic E-state index is -3.70. The van der Waals surface area contributed by atoms with Crippen molar-refractivity contribution in [1.29, 1.82) is 0 Å². The van der Waals surface area contributed by atoms with Crippen molar-refractivity contribution < 1.29 is 13.2 Å². The van der Waals surface area contributed by atoms with Gasteiger partial charge in [-0.2, -0.15) is 4.72 Å². The molecule has 1 rings (SSSR count). The third-order valence-electron chi connectivity index (χ3n) is 2.15. The van der Waals surface area contributed by atoms with E-state index < -0.39 is 15.9 Å². The number of primary amides is 1. The van der Waals surface area contributed by atoms with E-state index in [-0.39, 0.29) is 17.0 Å². The molecule has 3 N–H and O–H groups in total. The molecular weight excluding hydrogens is 240 g/mol. The molecule has 0 fully saturated rings. The number of hydrogen-bond donors (Lipinski definition) is 2. The summed E-state index contributed by atoms with van der Waals surface area (Å²) in [5, 5.41) is 0. The number of amides is 1. The van der Waals surface area contributed by atoms with Gasteiger partial charge in [-0.15, -0.1) is 6.42 Å². The molecule has 6 heteroatoms. The van der Waals surface area contributed by atoms with Crippen LogP contribution in [0.25, 0.3) is 0 Å². The molecule has 0 spiro atoms. The van der Waals surface area contributed by atoms with Gasteiger partial charge in [0.2, 0.25) is 15.9 Å². The Balaban J connectivity index is 3.21. The Morgan fingerprint density at radius 2 is 2.18 bits per heavy atom. The average Bonchev–Trinajstić information content (AvgIpc) is 2.26. The third-order valence-corrected chi connectivity index (χ3v) is 3.55. The molecule has 0 heterocycles. The van der Waals surface area contributed by atoms with Crippen molar-refractivity contribution in [3.05, 3.63) is 29.3 Å². The molecule has 1 amide bonds. The number of hydrogen-bond acceptors (Lipinski definition) is 3. The first-order valence-corrected chi connectivity index (χ1v) is 6.20. The molecular formula is C11H12N2O3S. The summed E-state index contributed by atoms with van der Waals surface area (Å²) in [4.78, 5) is 11.1. The Hall–Kier alpha value is -1.84. The van der Waals surface area contributed by atoms with Gasteiger partial charge >= 0.3 is 0 Å². The van der Waals surface area contributed by atoms with Crippen molar-refractivity contribution in [3.63, 3.8) is 0 Å². The first-order valence-electron chi connectivity index (χ1n) is 4.72. The summed E-state index contributed by atoms with van der Waals surface area (Å²) in [5.74, 6) is 1.49. The van der Waals surface area contributed by atoms with Gasteiger partial charge in [-0.1, -0.05) is 12.0 Å². The summed E-state index contributed by atoms with van der Waals surface area (Å²) >= 11 is 0. The van der Waals surface area contributed by atoms with Gasteiger partial charge in [0.05, 0.1) is 11.4 Å². The van der Waals surface area contributed by atoms with Crippen LogP contribution in [0.4, 0.5) is 0 Å². The van der Waals surface area contributed by atoms with Gasteiger partial charge in [0.15, 0.2) is 0 Å². The number of terminal acetylenes is 1. The first-order chi connectivity index (χ1) is 7.88. The summed E-state index contributed by atoms with van der Waals surface area (Å²) in [6.07, 6.45) is 4.96. The monoisotopic (exact) mass is 252 g/mol. The largest absolute Gasteiger partial charge is 0.366 e. The molecule has 0 unspecified atom stereocenters. The van der Waals surface area contributed by atoms with Crippen LogP contribution in [0.1, 0.15) is 15.9 Å². The van der Waals surface area contributed by atoms with Gasteiger partial charge in [-0.25, -0.2) is 8.42 Å². The van der Waals surface area contributed by atoms with Crippen molar-refractivity contribution >= 4 is 15.9 Å². The van der Waals surface area contributed by atoms with Crippen molar-refractivity contribution in [2.75, 3.05) is 6.54 Å². The fraction of sp³-hybridized carbons (Fsp3) is 0.182. The Labute approximate surface area is 100 Å². The molecule has 0 saturated heterocycles. The van der Waals surface area contributed by atoms with E-state index in [2.05, 4.69) is 10.6 Å². The second-order valence-corrected chi connectivity index (χ2v) is 5.14. The van der Waals surface area contributed by atoms with Gasteiger partial charge in [0.1, 0.15) is 0 Å². The van der Waals surface area contributed by atoms with Gasteiger partial charge in [-0.3, -0.25) is 4.79 Å². The van der Waals surface area contributed by atoms with E-state index in [4.69, 9.17) is 12.2 Å². The fourth-order valence-electron chi connectivity index (χ4n) is 1.25. The van der Waals surface area contributed by atoms with Gasteiger partial charge in [-0.05, 0) is 24.6 Å². The van der Waals surface area contributed by atoms with E-state index >= 15 is 0 Å². The Bertz CT molecular complexity index is 585. The Morgan fingerprint density at radius 1 is 1.53 bits per heavy atom. The van der Waals surface area contributed by atoms with Crippen LogP contribution in [0.3, 0.4) is 0 Å². The van der Waals surface area contributed by atoms with E-state index in [0.717, 1.165) is 0 Å². The van der Waals surface area contributed by atoms with Crippen molar-refractivity contribution in [2.24, 2.45) is 5.73 Å². The van der Waals surface area contributed by atoms with Crippen LogP contribution < -0.4 is 10.5 Å². The Morgan fingerprint density at radius 3 is 2.71 bits per heavy atom. The zero-order valence-corrected chi connectivity index (χ0v) is 10.0. The zero-order chi connectivity index (χ0) is 13.1. The lowest BCUT2D eigenvalue weighted by atomic mass is 10.1. The number of nitrogens with one attached hydrogen (secondary N) is 1. The number of carbonyl (C=O) groups excluding carboxylic acids is 1. The highest BCUT2D eigenvalue weighted by atomic mass is 32.2. The molecule has 0 aromatic heterocycles. The van der Waals surface area contributed by atoms with E-state index in [1.165, 1.54) is 18.2 Å². The number of rotatable bonds is 4. The minimum Gasteiger partial charge on any atom is -0.366 e. The summed E-state index contributed by atoms with van der Waals surface area (Å²) in [6.45, 7) is 1.56.